The van der Waals surface area contributed by atoms with Gasteiger partial charge in [-0.25, -0.2) is 0 Å². The van der Waals surface area contributed by atoms with Crippen molar-refractivity contribution in [1.29, 1.82) is 0 Å². The smallest absolute Gasteiger partial charge is 0.243 e. The van der Waals surface area contributed by atoms with Gasteiger partial charge in [-0.3, -0.25) is 9.69 Å². The molecule has 23 heavy (non-hydrogen) atoms. The number of benzene rings is 2. The summed E-state index contributed by atoms with van der Waals surface area (Å²) >= 11 is 13.2. The fourth-order valence-corrected chi connectivity index (χ4v) is 3.87. The third kappa shape index (κ3) is 3.22. The first-order chi connectivity index (χ1) is 11.0. The second-order valence-electron chi connectivity index (χ2n) is 5.33. The van der Waals surface area contributed by atoms with Crippen LogP contribution < -0.4 is 10.2 Å². The maximum atomic E-state index is 12.4. The highest BCUT2D eigenvalue weighted by molar-refractivity contribution is 8.00. The molecule has 0 aliphatic carbocycles. The number of aryl methyl sites for hydroxylation is 1. The van der Waals surface area contributed by atoms with Gasteiger partial charge in [-0.05, 0) is 61.5 Å². The lowest BCUT2D eigenvalue weighted by Crippen LogP contribution is -2.43. The Labute approximate surface area is 150 Å². The monoisotopic (exact) mass is 362 g/mol. The quantitative estimate of drug-likeness (QED) is 0.739. The Bertz CT molecular complexity index is 807. The van der Waals surface area contributed by atoms with Gasteiger partial charge in [0.05, 0.1) is 11.4 Å². The zero-order chi connectivity index (χ0) is 16.6. The van der Waals surface area contributed by atoms with E-state index >= 15 is 0 Å². The number of rotatable bonds is 1. The van der Waals surface area contributed by atoms with E-state index in [2.05, 4.69) is 11.4 Å². The van der Waals surface area contributed by atoms with Crippen molar-refractivity contribution >= 4 is 58.0 Å². The van der Waals surface area contributed by atoms with Gasteiger partial charge < -0.3 is 5.32 Å². The number of hydrogen-bond donors (Lipinski definition) is 1. The molecular formula is C17H15ClN2OS2. The van der Waals surface area contributed by atoms with Crippen molar-refractivity contribution < 1.29 is 4.79 Å². The Morgan fingerprint density at radius 1 is 1.30 bits per heavy atom. The second-order valence-corrected chi connectivity index (χ2v) is 7.14. The summed E-state index contributed by atoms with van der Waals surface area (Å²) < 4.78 is 0. The highest BCUT2D eigenvalue weighted by Gasteiger charge is 2.28. The molecule has 0 unspecified atom stereocenters. The van der Waals surface area contributed by atoms with Crippen LogP contribution in [-0.2, 0) is 4.79 Å². The van der Waals surface area contributed by atoms with Crippen molar-refractivity contribution in [3.8, 4) is 0 Å². The SMILES string of the molecule is Cc1ccc2c(c1)SCC(=O)N2C(=S)Nc1cccc(Cl)c1C. The fourth-order valence-electron chi connectivity index (χ4n) is 2.40. The van der Waals surface area contributed by atoms with Crippen molar-refractivity contribution in [1.82, 2.24) is 0 Å². The molecule has 0 spiro atoms. The Kier molecular flexibility index (Phi) is 4.62. The maximum Gasteiger partial charge on any atom is 0.243 e. The van der Waals surface area contributed by atoms with Gasteiger partial charge in [0, 0.05) is 15.6 Å². The van der Waals surface area contributed by atoms with Crippen LogP contribution in [0.4, 0.5) is 11.4 Å². The number of anilines is 2. The van der Waals surface area contributed by atoms with Crippen molar-refractivity contribution in [3.05, 3.63) is 52.5 Å². The molecule has 0 bridgehead atoms. The summed E-state index contributed by atoms with van der Waals surface area (Å²) in [6.45, 7) is 3.95. The number of carbonyl (C=O) groups excluding carboxylic acids is 1. The van der Waals surface area contributed by atoms with E-state index in [1.807, 2.05) is 44.2 Å². The van der Waals surface area contributed by atoms with Crippen molar-refractivity contribution in [2.45, 2.75) is 18.7 Å². The molecule has 0 saturated carbocycles. The fraction of sp³-hybridized carbons (Fsp3) is 0.176. The van der Waals surface area contributed by atoms with E-state index in [1.54, 1.807) is 16.7 Å². The number of thioether (sulfide) groups is 1. The van der Waals surface area contributed by atoms with E-state index in [9.17, 15) is 4.79 Å². The zero-order valence-electron chi connectivity index (χ0n) is 12.7. The lowest BCUT2D eigenvalue weighted by molar-refractivity contribution is -0.115. The molecule has 1 aliphatic rings. The first-order valence-corrected chi connectivity index (χ1v) is 8.87. The largest absolute Gasteiger partial charge is 0.332 e. The van der Waals surface area contributed by atoms with Gasteiger partial charge in [0.2, 0.25) is 5.91 Å². The molecule has 0 radical (unpaired) electrons. The minimum atomic E-state index is -0.0245. The molecule has 1 amide bonds. The van der Waals surface area contributed by atoms with Gasteiger partial charge in [0.25, 0.3) is 0 Å². The molecule has 2 aromatic rings. The first-order valence-electron chi connectivity index (χ1n) is 7.10. The topological polar surface area (TPSA) is 32.3 Å². The summed E-state index contributed by atoms with van der Waals surface area (Å²) in [7, 11) is 0. The van der Waals surface area contributed by atoms with Crippen molar-refractivity contribution in [2.75, 3.05) is 16.0 Å². The van der Waals surface area contributed by atoms with E-state index in [0.29, 0.717) is 15.9 Å². The van der Waals surface area contributed by atoms with Crippen LogP contribution >= 0.6 is 35.6 Å². The zero-order valence-corrected chi connectivity index (χ0v) is 15.1. The summed E-state index contributed by atoms with van der Waals surface area (Å²) in [6.07, 6.45) is 0. The molecule has 2 aromatic carbocycles. The second kappa shape index (κ2) is 6.51. The van der Waals surface area contributed by atoms with Crippen LogP contribution in [0.2, 0.25) is 5.02 Å². The standard InChI is InChI=1S/C17H15ClN2OS2/c1-10-6-7-14-15(8-10)23-9-16(21)20(14)17(22)19-13-5-3-4-12(18)11(13)2/h3-8H,9H2,1-2H3,(H,19,22). The maximum absolute atomic E-state index is 12.4. The average Bonchev–Trinajstić information content (AvgIpc) is 2.52. The molecule has 1 N–H and O–H groups in total. The van der Waals surface area contributed by atoms with E-state index in [4.69, 9.17) is 23.8 Å². The number of nitrogens with one attached hydrogen (secondary N) is 1. The summed E-state index contributed by atoms with van der Waals surface area (Å²) in [6, 6.07) is 11.6. The van der Waals surface area contributed by atoms with Crippen LogP contribution in [0.25, 0.3) is 0 Å². The van der Waals surface area contributed by atoms with E-state index < -0.39 is 0 Å². The predicted molar refractivity (Wildman–Crippen MR) is 102 cm³/mol. The Balaban J connectivity index is 1.93. The number of thiocarbonyl (C=S) groups is 1. The molecule has 0 atom stereocenters. The minimum absolute atomic E-state index is 0.0245. The summed E-state index contributed by atoms with van der Waals surface area (Å²) in [5.74, 6) is 0.357. The Hall–Kier alpha value is -1.56. The number of hydrogen-bond acceptors (Lipinski definition) is 3. The van der Waals surface area contributed by atoms with Gasteiger partial charge in [-0.1, -0.05) is 23.7 Å². The first kappa shape index (κ1) is 16.3. The molecule has 1 aliphatic heterocycles. The van der Waals surface area contributed by atoms with Crippen LogP contribution in [0.3, 0.4) is 0 Å². The van der Waals surface area contributed by atoms with Gasteiger partial charge in [-0.15, -0.1) is 11.8 Å². The van der Waals surface area contributed by atoms with E-state index in [-0.39, 0.29) is 5.91 Å². The highest BCUT2D eigenvalue weighted by Crippen LogP contribution is 2.36. The van der Waals surface area contributed by atoms with Gasteiger partial charge >= 0.3 is 0 Å². The third-order valence-electron chi connectivity index (χ3n) is 3.67. The molecular weight excluding hydrogens is 348 g/mol. The molecule has 0 saturated heterocycles. The minimum Gasteiger partial charge on any atom is -0.332 e. The third-order valence-corrected chi connectivity index (χ3v) is 5.39. The molecule has 3 rings (SSSR count). The van der Waals surface area contributed by atoms with E-state index in [0.717, 1.165) is 27.4 Å². The molecule has 6 heteroatoms. The van der Waals surface area contributed by atoms with Gasteiger partial charge in [0.15, 0.2) is 5.11 Å². The number of amides is 1. The predicted octanol–water partition coefficient (Wildman–Crippen LogP) is 4.79. The lowest BCUT2D eigenvalue weighted by atomic mass is 10.2. The number of nitrogens with zero attached hydrogens (tertiary/aromatic N) is 1. The normalized spacial score (nSPS) is 13.7. The van der Waals surface area contributed by atoms with Crippen LogP contribution in [0.5, 0.6) is 0 Å². The molecule has 0 fully saturated rings. The average molecular weight is 363 g/mol. The van der Waals surface area contributed by atoms with Gasteiger partial charge in [-0.2, -0.15) is 0 Å². The number of fused-ring (bicyclic) bond motifs is 1. The van der Waals surface area contributed by atoms with Crippen molar-refractivity contribution in [3.63, 3.8) is 0 Å². The number of halogens is 1. The molecule has 3 nitrogen and oxygen atoms in total. The molecule has 118 valence electrons. The van der Waals surface area contributed by atoms with Crippen molar-refractivity contribution in [2.24, 2.45) is 0 Å². The lowest BCUT2D eigenvalue weighted by Gasteiger charge is -2.30. The van der Waals surface area contributed by atoms with Crippen LogP contribution in [-0.4, -0.2) is 16.8 Å². The molecule has 1 heterocycles. The highest BCUT2D eigenvalue weighted by atomic mass is 35.5. The van der Waals surface area contributed by atoms with Gasteiger partial charge in [0.1, 0.15) is 0 Å². The Morgan fingerprint density at radius 2 is 2.09 bits per heavy atom. The van der Waals surface area contributed by atoms with Crippen LogP contribution in [0, 0.1) is 13.8 Å². The van der Waals surface area contributed by atoms with Crippen LogP contribution in [0.1, 0.15) is 11.1 Å². The number of carbonyl (C=O) groups is 1. The van der Waals surface area contributed by atoms with E-state index in [1.165, 1.54) is 0 Å². The molecule has 0 aromatic heterocycles. The van der Waals surface area contributed by atoms with Crippen LogP contribution in [0.15, 0.2) is 41.3 Å². The summed E-state index contributed by atoms with van der Waals surface area (Å²) in [5.41, 5.74) is 3.70. The Morgan fingerprint density at radius 3 is 2.87 bits per heavy atom. The summed E-state index contributed by atoms with van der Waals surface area (Å²) in [5, 5.41) is 4.18. The summed E-state index contributed by atoms with van der Waals surface area (Å²) in [4.78, 5) is 15.0.